The largest absolute Gasteiger partial charge is 0.493 e. The van der Waals surface area contributed by atoms with E-state index in [-0.39, 0.29) is 6.04 Å². The summed E-state index contributed by atoms with van der Waals surface area (Å²) in [5.41, 5.74) is 3.28. The molecular weight excluding hydrogens is 380 g/mol. The second-order valence-corrected chi connectivity index (χ2v) is 7.40. The first kappa shape index (κ1) is 19.7. The summed E-state index contributed by atoms with van der Waals surface area (Å²) in [6, 6.07) is 14.1. The molecule has 1 unspecified atom stereocenters. The lowest BCUT2D eigenvalue weighted by molar-refractivity contribution is 0.355. The number of hydrogen-bond donors (Lipinski definition) is 1. The van der Waals surface area contributed by atoms with Gasteiger partial charge in [-0.2, -0.15) is 0 Å². The molecular formula is C21H23ClN2O2S. The van der Waals surface area contributed by atoms with Gasteiger partial charge in [0.25, 0.3) is 0 Å². The van der Waals surface area contributed by atoms with Crippen LogP contribution in [0.15, 0.2) is 47.8 Å². The Labute approximate surface area is 169 Å². The number of halogens is 1. The van der Waals surface area contributed by atoms with E-state index < -0.39 is 0 Å². The number of aromatic nitrogens is 1. The quantitative estimate of drug-likeness (QED) is 0.523. The molecule has 142 valence electrons. The number of thiazole rings is 1. The molecule has 0 aliphatic heterocycles. The van der Waals surface area contributed by atoms with Gasteiger partial charge in [-0.15, -0.1) is 11.3 Å². The monoisotopic (exact) mass is 402 g/mol. The lowest BCUT2D eigenvalue weighted by Gasteiger charge is -2.16. The molecule has 2 aromatic carbocycles. The van der Waals surface area contributed by atoms with E-state index in [2.05, 4.69) is 29.8 Å². The van der Waals surface area contributed by atoms with Gasteiger partial charge < -0.3 is 14.8 Å². The number of rotatable bonds is 8. The average molecular weight is 403 g/mol. The summed E-state index contributed by atoms with van der Waals surface area (Å²) in [4.78, 5) is 4.76. The molecule has 4 nitrogen and oxygen atoms in total. The van der Waals surface area contributed by atoms with Gasteiger partial charge in [-0.1, -0.05) is 30.7 Å². The zero-order valence-corrected chi connectivity index (χ0v) is 17.2. The highest BCUT2D eigenvalue weighted by Gasteiger charge is 2.12. The summed E-state index contributed by atoms with van der Waals surface area (Å²) in [6.45, 7) is 2.88. The zero-order valence-electron chi connectivity index (χ0n) is 15.7. The van der Waals surface area contributed by atoms with Crippen LogP contribution in [-0.4, -0.2) is 19.2 Å². The van der Waals surface area contributed by atoms with Crippen LogP contribution in [0.2, 0.25) is 5.02 Å². The van der Waals surface area contributed by atoms with Crippen molar-refractivity contribution in [1.82, 2.24) is 10.3 Å². The molecule has 27 heavy (non-hydrogen) atoms. The maximum Gasteiger partial charge on any atom is 0.161 e. The third-order valence-electron chi connectivity index (χ3n) is 4.39. The number of methoxy groups -OCH3 is 2. The number of benzene rings is 2. The first-order chi connectivity index (χ1) is 13.1. The third-order valence-corrected chi connectivity index (χ3v) is 5.58. The van der Waals surface area contributed by atoms with Gasteiger partial charge in [0.1, 0.15) is 5.01 Å². The maximum absolute atomic E-state index is 5.99. The van der Waals surface area contributed by atoms with Crippen molar-refractivity contribution >= 4 is 22.9 Å². The molecule has 0 saturated carbocycles. The minimum atomic E-state index is 0.272. The molecule has 1 heterocycles. The minimum absolute atomic E-state index is 0.272. The molecule has 3 rings (SSSR count). The highest BCUT2D eigenvalue weighted by molar-refractivity contribution is 7.13. The minimum Gasteiger partial charge on any atom is -0.493 e. The Kier molecular flexibility index (Phi) is 6.72. The molecule has 0 aliphatic carbocycles. The Hall–Kier alpha value is -2.08. The Morgan fingerprint density at radius 3 is 2.48 bits per heavy atom. The van der Waals surface area contributed by atoms with E-state index in [4.69, 9.17) is 26.1 Å². The molecule has 0 bridgehead atoms. The summed E-state index contributed by atoms with van der Waals surface area (Å²) >= 11 is 7.62. The van der Waals surface area contributed by atoms with Crippen LogP contribution in [0.1, 0.15) is 30.6 Å². The molecule has 6 heteroatoms. The summed E-state index contributed by atoms with van der Waals surface area (Å²) in [5, 5.41) is 7.40. The lowest BCUT2D eigenvalue weighted by Crippen LogP contribution is -2.20. The fraction of sp³-hybridized carbons (Fsp3) is 0.286. The zero-order chi connectivity index (χ0) is 19.2. The highest BCUT2D eigenvalue weighted by Crippen LogP contribution is 2.33. The first-order valence-electron chi connectivity index (χ1n) is 8.80. The van der Waals surface area contributed by atoms with Gasteiger partial charge in [0.2, 0.25) is 0 Å². The summed E-state index contributed by atoms with van der Waals surface area (Å²) in [6.07, 6.45) is 0.994. The van der Waals surface area contributed by atoms with Gasteiger partial charge >= 0.3 is 0 Å². The van der Waals surface area contributed by atoms with Gasteiger partial charge in [0.05, 0.1) is 19.9 Å². The van der Waals surface area contributed by atoms with Gasteiger partial charge in [0.15, 0.2) is 11.5 Å². The highest BCUT2D eigenvalue weighted by atomic mass is 35.5. The van der Waals surface area contributed by atoms with Crippen LogP contribution in [0.5, 0.6) is 11.5 Å². The van der Waals surface area contributed by atoms with E-state index in [1.54, 1.807) is 25.6 Å². The van der Waals surface area contributed by atoms with Gasteiger partial charge in [-0.3, -0.25) is 0 Å². The number of hydrogen-bond acceptors (Lipinski definition) is 5. The Bertz CT molecular complexity index is 880. The van der Waals surface area contributed by atoms with Crippen molar-refractivity contribution in [3.05, 3.63) is 64.1 Å². The lowest BCUT2D eigenvalue weighted by atomic mass is 10.0. The average Bonchev–Trinajstić information content (AvgIpc) is 3.18. The fourth-order valence-electron chi connectivity index (χ4n) is 2.91. The topological polar surface area (TPSA) is 43.4 Å². The standard InChI is InChI=1S/C21H23ClN2O2S/c1-4-18(14-5-8-16(22)9-6-14)23-12-17-13-27-21(24-17)15-7-10-19(25-2)20(11-15)26-3/h5-11,13,18,23H,4,12H2,1-3H3. The van der Waals surface area contributed by atoms with E-state index in [0.29, 0.717) is 18.0 Å². The van der Waals surface area contributed by atoms with Gasteiger partial charge in [-0.25, -0.2) is 4.98 Å². The van der Waals surface area contributed by atoms with Crippen LogP contribution >= 0.6 is 22.9 Å². The molecule has 0 aliphatic rings. The fourth-order valence-corrected chi connectivity index (χ4v) is 3.85. The van der Waals surface area contributed by atoms with Crippen molar-refractivity contribution in [2.75, 3.05) is 14.2 Å². The normalized spacial score (nSPS) is 12.0. The Balaban J connectivity index is 1.69. The Morgan fingerprint density at radius 2 is 1.81 bits per heavy atom. The van der Waals surface area contributed by atoms with Crippen molar-refractivity contribution in [3.63, 3.8) is 0 Å². The van der Waals surface area contributed by atoms with Crippen LogP contribution in [0.25, 0.3) is 10.6 Å². The van der Waals surface area contributed by atoms with Crippen molar-refractivity contribution in [3.8, 4) is 22.1 Å². The van der Waals surface area contributed by atoms with E-state index in [9.17, 15) is 0 Å². The van der Waals surface area contributed by atoms with Crippen LogP contribution in [0.4, 0.5) is 0 Å². The molecule has 0 amide bonds. The van der Waals surface area contributed by atoms with E-state index in [0.717, 1.165) is 27.7 Å². The van der Waals surface area contributed by atoms with Crippen molar-refractivity contribution in [1.29, 1.82) is 0 Å². The van der Waals surface area contributed by atoms with Gasteiger partial charge in [0, 0.05) is 28.6 Å². The number of ether oxygens (including phenoxy) is 2. The molecule has 3 aromatic rings. The predicted octanol–water partition coefficient (Wildman–Crippen LogP) is 5.72. The molecule has 1 N–H and O–H groups in total. The first-order valence-corrected chi connectivity index (χ1v) is 10.1. The van der Waals surface area contributed by atoms with Crippen LogP contribution in [0.3, 0.4) is 0 Å². The molecule has 0 radical (unpaired) electrons. The SMILES string of the molecule is CCC(NCc1csc(-c2ccc(OC)c(OC)c2)n1)c1ccc(Cl)cc1. The van der Waals surface area contributed by atoms with E-state index in [1.807, 2.05) is 30.3 Å². The van der Waals surface area contributed by atoms with E-state index >= 15 is 0 Å². The third kappa shape index (κ3) is 4.80. The molecule has 1 atom stereocenters. The van der Waals surface area contributed by atoms with E-state index in [1.165, 1.54) is 5.56 Å². The summed E-state index contributed by atoms with van der Waals surface area (Å²) in [7, 11) is 3.27. The molecule has 0 saturated heterocycles. The summed E-state index contributed by atoms with van der Waals surface area (Å²) < 4.78 is 10.7. The van der Waals surface area contributed by atoms with Gasteiger partial charge in [-0.05, 0) is 42.3 Å². The molecule has 1 aromatic heterocycles. The smallest absolute Gasteiger partial charge is 0.161 e. The molecule has 0 fully saturated rings. The van der Waals surface area contributed by atoms with Crippen molar-refractivity contribution in [2.24, 2.45) is 0 Å². The molecule has 0 spiro atoms. The number of nitrogens with one attached hydrogen (secondary N) is 1. The van der Waals surface area contributed by atoms with Crippen molar-refractivity contribution in [2.45, 2.75) is 25.9 Å². The predicted molar refractivity (Wildman–Crippen MR) is 112 cm³/mol. The van der Waals surface area contributed by atoms with Crippen LogP contribution in [-0.2, 0) is 6.54 Å². The van der Waals surface area contributed by atoms with Crippen molar-refractivity contribution < 1.29 is 9.47 Å². The van der Waals surface area contributed by atoms with Crippen LogP contribution < -0.4 is 14.8 Å². The number of nitrogens with zero attached hydrogens (tertiary/aromatic N) is 1. The second kappa shape index (κ2) is 9.22. The van der Waals surface area contributed by atoms with Crippen LogP contribution in [0, 0.1) is 0 Å². The second-order valence-electron chi connectivity index (χ2n) is 6.11. The summed E-state index contributed by atoms with van der Waals surface area (Å²) in [5.74, 6) is 1.42. The Morgan fingerprint density at radius 1 is 1.07 bits per heavy atom. The maximum atomic E-state index is 5.99.